The topological polar surface area (TPSA) is 92.5 Å². The zero-order valence-corrected chi connectivity index (χ0v) is 18.3. The van der Waals surface area contributed by atoms with E-state index < -0.39 is 14.6 Å². The van der Waals surface area contributed by atoms with E-state index in [4.69, 9.17) is 4.99 Å². The number of rotatable bonds is 3. The van der Waals surface area contributed by atoms with E-state index in [1.807, 2.05) is 18.5 Å². The minimum absolute atomic E-state index is 0. The van der Waals surface area contributed by atoms with Gasteiger partial charge in [0.2, 0.25) is 0 Å². The average molecular weight is 482 g/mol. The smallest absolute Gasteiger partial charge is 0.194 e. The van der Waals surface area contributed by atoms with Crippen molar-refractivity contribution in [1.82, 2.24) is 25.0 Å². The standard InChI is InChI=1S/C15H26N6O2S.HI/c1-11-18-19-13(20(11)4)9-16-14(17-12-5-6-12)21-7-8-24(22,23)15(2,3)10-21;/h12H,5-10H2,1-4H3,(H,16,17);1H. The largest absolute Gasteiger partial charge is 0.353 e. The van der Waals surface area contributed by atoms with Crippen LogP contribution in [-0.4, -0.2) is 63.7 Å². The molecule has 0 amide bonds. The number of aromatic nitrogens is 3. The van der Waals surface area contributed by atoms with Crippen LogP contribution in [0.2, 0.25) is 0 Å². The van der Waals surface area contributed by atoms with Crippen molar-refractivity contribution in [3.05, 3.63) is 11.6 Å². The van der Waals surface area contributed by atoms with Gasteiger partial charge in [-0.25, -0.2) is 13.4 Å². The van der Waals surface area contributed by atoms with Gasteiger partial charge < -0.3 is 14.8 Å². The summed E-state index contributed by atoms with van der Waals surface area (Å²) in [5.41, 5.74) is 0. The molecule has 2 fully saturated rings. The lowest BCUT2D eigenvalue weighted by Crippen LogP contribution is -2.57. The first-order valence-electron chi connectivity index (χ1n) is 8.33. The maximum atomic E-state index is 12.2. The second-order valence-corrected chi connectivity index (χ2v) is 10.0. The average Bonchev–Trinajstić information content (AvgIpc) is 3.26. The first kappa shape index (κ1) is 20.4. The summed E-state index contributed by atoms with van der Waals surface area (Å²) in [4.78, 5) is 6.76. The highest BCUT2D eigenvalue weighted by atomic mass is 127. The van der Waals surface area contributed by atoms with Gasteiger partial charge in [-0.1, -0.05) is 0 Å². The van der Waals surface area contributed by atoms with Gasteiger partial charge in [0, 0.05) is 26.2 Å². The van der Waals surface area contributed by atoms with E-state index in [-0.39, 0.29) is 29.7 Å². The van der Waals surface area contributed by atoms with Gasteiger partial charge in [-0.2, -0.15) is 0 Å². The lowest BCUT2D eigenvalue weighted by atomic mass is 10.2. The van der Waals surface area contributed by atoms with Crippen molar-refractivity contribution in [1.29, 1.82) is 0 Å². The molecule has 2 aliphatic rings. The Morgan fingerprint density at radius 1 is 1.36 bits per heavy atom. The summed E-state index contributed by atoms with van der Waals surface area (Å²) in [6.07, 6.45) is 2.27. The first-order valence-corrected chi connectivity index (χ1v) is 9.98. The van der Waals surface area contributed by atoms with Crippen LogP contribution < -0.4 is 5.32 Å². The Balaban J connectivity index is 0.00000225. The predicted octanol–water partition coefficient (Wildman–Crippen LogP) is 0.859. The van der Waals surface area contributed by atoms with Crippen LogP contribution >= 0.6 is 24.0 Å². The highest BCUT2D eigenvalue weighted by Crippen LogP contribution is 2.25. The van der Waals surface area contributed by atoms with Gasteiger partial charge in [0.25, 0.3) is 0 Å². The first-order chi connectivity index (χ1) is 11.2. The van der Waals surface area contributed by atoms with Gasteiger partial charge in [0.15, 0.2) is 21.6 Å². The fourth-order valence-electron chi connectivity index (χ4n) is 2.71. The third kappa shape index (κ3) is 4.44. The second-order valence-electron chi connectivity index (χ2n) is 7.28. The Kier molecular flexibility index (Phi) is 6.02. The fraction of sp³-hybridized carbons (Fsp3) is 0.800. The highest BCUT2D eigenvalue weighted by Gasteiger charge is 2.41. The summed E-state index contributed by atoms with van der Waals surface area (Å²) in [6, 6.07) is 0.451. The number of sulfone groups is 1. The zero-order valence-electron chi connectivity index (χ0n) is 15.2. The number of guanidine groups is 1. The molecule has 1 saturated heterocycles. The molecule has 0 aromatic carbocycles. The molecule has 0 atom stereocenters. The van der Waals surface area contributed by atoms with Crippen LogP contribution in [0.15, 0.2) is 4.99 Å². The van der Waals surface area contributed by atoms with Gasteiger partial charge in [-0.05, 0) is 33.6 Å². The van der Waals surface area contributed by atoms with Crippen LogP contribution in [0, 0.1) is 6.92 Å². The third-order valence-electron chi connectivity index (χ3n) is 4.81. The molecule has 1 N–H and O–H groups in total. The summed E-state index contributed by atoms with van der Waals surface area (Å²) in [5.74, 6) is 2.59. The minimum atomic E-state index is -3.06. The van der Waals surface area contributed by atoms with Gasteiger partial charge >= 0.3 is 0 Å². The number of nitrogens with one attached hydrogen (secondary N) is 1. The molecule has 1 saturated carbocycles. The van der Waals surface area contributed by atoms with Crippen LogP contribution in [0.25, 0.3) is 0 Å². The highest BCUT2D eigenvalue weighted by molar-refractivity contribution is 14.0. The number of aliphatic imine (C=N–C) groups is 1. The minimum Gasteiger partial charge on any atom is -0.353 e. The van der Waals surface area contributed by atoms with Crippen molar-refractivity contribution < 1.29 is 8.42 Å². The number of nitrogens with zero attached hydrogens (tertiary/aromatic N) is 5. The van der Waals surface area contributed by atoms with E-state index in [0.717, 1.165) is 30.5 Å². The molecule has 0 radical (unpaired) electrons. The van der Waals surface area contributed by atoms with E-state index in [1.54, 1.807) is 13.8 Å². The molecule has 0 spiro atoms. The van der Waals surface area contributed by atoms with Crippen molar-refractivity contribution in [3.8, 4) is 0 Å². The van der Waals surface area contributed by atoms with E-state index in [0.29, 0.717) is 25.7 Å². The van der Waals surface area contributed by atoms with Crippen LogP contribution in [0.5, 0.6) is 0 Å². The normalized spacial score (nSPS) is 22.4. The number of halogens is 1. The van der Waals surface area contributed by atoms with Crippen LogP contribution in [-0.2, 0) is 23.4 Å². The van der Waals surface area contributed by atoms with Crippen molar-refractivity contribution in [3.63, 3.8) is 0 Å². The van der Waals surface area contributed by atoms with Crippen molar-refractivity contribution in [2.75, 3.05) is 18.8 Å². The Morgan fingerprint density at radius 3 is 2.56 bits per heavy atom. The number of aryl methyl sites for hydroxylation is 1. The van der Waals surface area contributed by atoms with Gasteiger partial charge in [-0.15, -0.1) is 34.2 Å². The van der Waals surface area contributed by atoms with Crippen molar-refractivity contribution in [2.24, 2.45) is 12.0 Å². The van der Waals surface area contributed by atoms with Crippen LogP contribution in [0.4, 0.5) is 0 Å². The van der Waals surface area contributed by atoms with E-state index in [9.17, 15) is 8.42 Å². The van der Waals surface area contributed by atoms with Gasteiger partial charge in [0.1, 0.15) is 12.4 Å². The summed E-state index contributed by atoms with van der Waals surface area (Å²) in [6.45, 7) is 6.83. The zero-order chi connectivity index (χ0) is 17.5. The maximum Gasteiger partial charge on any atom is 0.194 e. The Labute approximate surface area is 166 Å². The summed E-state index contributed by atoms with van der Waals surface area (Å²) >= 11 is 0. The van der Waals surface area contributed by atoms with Crippen LogP contribution in [0.1, 0.15) is 38.3 Å². The molecular weight excluding hydrogens is 455 g/mol. The molecule has 3 rings (SSSR count). The van der Waals surface area contributed by atoms with E-state index >= 15 is 0 Å². The van der Waals surface area contributed by atoms with Crippen molar-refractivity contribution in [2.45, 2.75) is 50.9 Å². The van der Waals surface area contributed by atoms with Gasteiger partial charge in [-0.3, -0.25) is 0 Å². The Morgan fingerprint density at radius 2 is 2.04 bits per heavy atom. The summed E-state index contributed by atoms with van der Waals surface area (Å²) in [5, 5.41) is 11.6. The molecule has 0 unspecified atom stereocenters. The number of hydrogen-bond donors (Lipinski definition) is 1. The molecule has 1 aromatic rings. The second kappa shape index (κ2) is 7.37. The van der Waals surface area contributed by atoms with E-state index in [1.165, 1.54) is 0 Å². The Bertz CT molecular complexity index is 754. The van der Waals surface area contributed by atoms with E-state index in [2.05, 4.69) is 20.4 Å². The lowest BCUT2D eigenvalue weighted by molar-refractivity contribution is 0.352. The molecule has 1 aromatic heterocycles. The number of hydrogen-bond acceptors (Lipinski definition) is 5. The molecular formula is C15H27IN6O2S. The summed E-state index contributed by atoms with van der Waals surface area (Å²) in [7, 11) is -1.14. The molecule has 1 aliphatic heterocycles. The molecule has 2 heterocycles. The van der Waals surface area contributed by atoms with Crippen LogP contribution in [0.3, 0.4) is 0 Å². The molecule has 8 nitrogen and oxygen atoms in total. The van der Waals surface area contributed by atoms with Gasteiger partial charge in [0.05, 0.1) is 10.5 Å². The molecule has 10 heteroatoms. The Hall–Kier alpha value is -0.910. The lowest BCUT2D eigenvalue weighted by Gasteiger charge is -2.39. The third-order valence-corrected chi connectivity index (χ3v) is 7.34. The molecule has 142 valence electrons. The quantitative estimate of drug-likeness (QED) is 0.391. The SMILES string of the molecule is Cc1nnc(CN=C(NC2CC2)N2CCS(=O)(=O)C(C)(C)C2)n1C.I. The maximum absolute atomic E-state index is 12.2. The predicted molar refractivity (Wildman–Crippen MR) is 108 cm³/mol. The molecule has 1 aliphatic carbocycles. The summed E-state index contributed by atoms with van der Waals surface area (Å²) < 4.78 is 25.6. The monoisotopic (exact) mass is 482 g/mol. The van der Waals surface area contributed by atoms with Crippen molar-refractivity contribution >= 4 is 39.8 Å². The molecule has 25 heavy (non-hydrogen) atoms. The fourth-order valence-corrected chi connectivity index (χ4v) is 4.07. The molecule has 0 bridgehead atoms.